The summed E-state index contributed by atoms with van der Waals surface area (Å²) in [5.41, 5.74) is 0. The molecular weight excluding hydrogens is 204 g/mol. The fraction of sp³-hybridized carbons (Fsp3) is 0.917. The molecule has 4 heteroatoms. The molecule has 0 bridgehead atoms. The van der Waals surface area contributed by atoms with Gasteiger partial charge in [0.25, 0.3) is 0 Å². The molecule has 0 aliphatic carbocycles. The number of rotatable bonds is 6. The van der Waals surface area contributed by atoms with E-state index in [9.17, 15) is 4.79 Å². The van der Waals surface area contributed by atoms with E-state index in [1.165, 1.54) is 25.9 Å². The molecule has 0 radical (unpaired) electrons. The lowest BCUT2D eigenvalue weighted by Crippen LogP contribution is -2.29. The van der Waals surface area contributed by atoms with Crippen LogP contribution in [-0.4, -0.2) is 62.7 Å². The van der Waals surface area contributed by atoms with E-state index in [1.54, 1.807) is 0 Å². The van der Waals surface area contributed by atoms with Gasteiger partial charge in [-0.25, -0.2) is 0 Å². The van der Waals surface area contributed by atoms with E-state index in [1.807, 2.05) is 14.0 Å². The van der Waals surface area contributed by atoms with Gasteiger partial charge in [0, 0.05) is 6.54 Å². The molecule has 0 aromatic carbocycles. The first kappa shape index (κ1) is 13.5. The van der Waals surface area contributed by atoms with Gasteiger partial charge in [0.2, 0.25) is 0 Å². The van der Waals surface area contributed by atoms with Gasteiger partial charge in [-0.05, 0) is 52.9 Å². The maximum Gasteiger partial charge on any atom is 0.320 e. The van der Waals surface area contributed by atoms with Crippen molar-refractivity contribution < 1.29 is 9.53 Å². The number of carbonyl (C=O) groups excluding carboxylic acids is 1. The summed E-state index contributed by atoms with van der Waals surface area (Å²) in [5, 5.41) is 0. The van der Waals surface area contributed by atoms with Crippen molar-refractivity contribution in [3.05, 3.63) is 0 Å². The Morgan fingerprint density at radius 2 is 2.31 bits per heavy atom. The van der Waals surface area contributed by atoms with Crippen LogP contribution in [0.15, 0.2) is 0 Å². The number of ether oxygens (including phenoxy) is 1. The summed E-state index contributed by atoms with van der Waals surface area (Å²) >= 11 is 0. The number of hydrogen-bond acceptors (Lipinski definition) is 4. The van der Waals surface area contributed by atoms with E-state index >= 15 is 0 Å². The van der Waals surface area contributed by atoms with E-state index in [0.29, 0.717) is 13.2 Å². The highest BCUT2D eigenvalue weighted by Gasteiger charge is 2.19. The number of hydrogen-bond donors (Lipinski definition) is 0. The Hall–Kier alpha value is -0.610. The minimum absolute atomic E-state index is 0.117. The minimum atomic E-state index is -0.117. The Balaban J connectivity index is 2.10. The first-order valence-electron chi connectivity index (χ1n) is 6.14. The van der Waals surface area contributed by atoms with Gasteiger partial charge < -0.3 is 9.64 Å². The summed E-state index contributed by atoms with van der Waals surface area (Å²) in [5.74, 6) is 0.684. The molecule has 0 spiro atoms. The first-order valence-corrected chi connectivity index (χ1v) is 6.14. The average Bonchev–Trinajstić information content (AvgIpc) is 2.61. The Morgan fingerprint density at radius 3 is 2.88 bits per heavy atom. The smallest absolute Gasteiger partial charge is 0.320 e. The second kappa shape index (κ2) is 6.86. The Labute approximate surface area is 98.5 Å². The highest BCUT2D eigenvalue weighted by atomic mass is 16.5. The van der Waals surface area contributed by atoms with E-state index in [0.717, 1.165) is 12.5 Å². The lowest BCUT2D eigenvalue weighted by molar-refractivity contribution is -0.144. The molecule has 1 aliphatic heterocycles. The monoisotopic (exact) mass is 228 g/mol. The molecule has 1 fully saturated rings. The molecule has 1 atom stereocenters. The zero-order valence-corrected chi connectivity index (χ0v) is 10.7. The number of nitrogens with zero attached hydrogens (tertiary/aromatic N) is 2. The van der Waals surface area contributed by atoms with E-state index in [-0.39, 0.29) is 5.97 Å². The molecule has 4 nitrogen and oxygen atoms in total. The third kappa shape index (κ3) is 4.94. The fourth-order valence-corrected chi connectivity index (χ4v) is 2.17. The molecule has 0 aromatic rings. The predicted octanol–water partition coefficient (Wildman–Crippen LogP) is 0.823. The minimum Gasteiger partial charge on any atom is -0.465 e. The highest BCUT2D eigenvalue weighted by Crippen LogP contribution is 2.17. The van der Waals surface area contributed by atoms with Crippen LogP contribution >= 0.6 is 0 Å². The average molecular weight is 228 g/mol. The van der Waals surface area contributed by atoms with Crippen LogP contribution in [0.1, 0.15) is 19.8 Å². The number of esters is 1. The van der Waals surface area contributed by atoms with Gasteiger partial charge in [-0.1, -0.05) is 0 Å². The Bertz CT molecular complexity index is 221. The third-order valence-corrected chi connectivity index (χ3v) is 3.11. The molecule has 1 rings (SSSR count). The van der Waals surface area contributed by atoms with Gasteiger partial charge in [-0.2, -0.15) is 0 Å². The van der Waals surface area contributed by atoms with Crippen molar-refractivity contribution in [1.29, 1.82) is 0 Å². The topological polar surface area (TPSA) is 32.8 Å². The van der Waals surface area contributed by atoms with Crippen molar-refractivity contribution >= 4 is 5.97 Å². The normalized spacial score (nSPS) is 21.6. The Morgan fingerprint density at radius 1 is 1.56 bits per heavy atom. The van der Waals surface area contributed by atoms with Crippen molar-refractivity contribution in [2.75, 3.05) is 46.9 Å². The van der Waals surface area contributed by atoms with Crippen molar-refractivity contribution in [3.8, 4) is 0 Å². The van der Waals surface area contributed by atoms with Crippen LogP contribution in [0.25, 0.3) is 0 Å². The maximum absolute atomic E-state index is 11.2. The van der Waals surface area contributed by atoms with E-state index < -0.39 is 0 Å². The fourth-order valence-electron chi connectivity index (χ4n) is 2.17. The van der Waals surface area contributed by atoms with Gasteiger partial charge in [-0.3, -0.25) is 9.69 Å². The summed E-state index contributed by atoms with van der Waals surface area (Å²) in [6, 6.07) is 0. The van der Waals surface area contributed by atoms with Crippen LogP contribution < -0.4 is 0 Å². The summed E-state index contributed by atoms with van der Waals surface area (Å²) in [6.07, 6.45) is 2.48. The van der Waals surface area contributed by atoms with Gasteiger partial charge in [0.05, 0.1) is 13.2 Å². The van der Waals surface area contributed by atoms with Crippen LogP contribution in [0.5, 0.6) is 0 Å². The van der Waals surface area contributed by atoms with Gasteiger partial charge >= 0.3 is 5.97 Å². The van der Waals surface area contributed by atoms with Gasteiger partial charge in [-0.15, -0.1) is 0 Å². The SMILES string of the molecule is CCOC(=O)CN(C)CCC1CCN(C)C1. The lowest BCUT2D eigenvalue weighted by Gasteiger charge is -2.18. The van der Waals surface area contributed by atoms with Gasteiger partial charge in [0.15, 0.2) is 0 Å². The molecule has 0 amide bonds. The van der Waals surface area contributed by atoms with Crippen molar-refractivity contribution in [3.63, 3.8) is 0 Å². The number of likely N-dealkylation sites (N-methyl/N-ethyl adjacent to an activating group) is 1. The van der Waals surface area contributed by atoms with Crippen molar-refractivity contribution in [1.82, 2.24) is 9.80 Å². The van der Waals surface area contributed by atoms with Crippen molar-refractivity contribution in [2.45, 2.75) is 19.8 Å². The molecule has 0 saturated carbocycles. The summed E-state index contributed by atoms with van der Waals surface area (Å²) in [4.78, 5) is 15.7. The first-order chi connectivity index (χ1) is 7.61. The highest BCUT2D eigenvalue weighted by molar-refractivity contribution is 5.71. The molecule has 16 heavy (non-hydrogen) atoms. The number of carbonyl (C=O) groups is 1. The molecule has 0 aromatic heterocycles. The second-order valence-electron chi connectivity index (χ2n) is 4.75. The van der Waals surface area contributed by atoms with Crippen LogP contribution in [0.4, 0.5) is 0 Å². The molecule has 0 N–H and O–H groups in total. The largest absolute Gasteiger partial charge is 0.465 e. The molecular formula is C12H24N2O2. The van der Waals surface area contributed by atoms with Crippen LogP contribution in [0, 0.1) is 5.92 Å². The van der Waals surface area contributed by atoms with Crippen LogP contribution in [-0.2, 0) is 9.53 Å². The predicted molar refractivity (Wildman–Crippen MR) is 64.4 cm³/mol. The maximum atomic E-state index is 11.2. The van der Waals surface area contributed by atoms with Gasteiger partial charge in [0.1, 0.15) is 0 Å². The lowest BCUT2D eigenvalue weighted by atomic mass is 10.1. The molecule has 1 saturated heterocycles. The zero-order chi connectivity index (χ0) is 12.0. The molecule has 1 heterocycles. The van der Waals surface area contributed by atoms with E-state index in [4.69, 9.17) is 4.74 Å². The standard InChI is InChI=1S/C12H24N2O2/c1-4-16-12(15)10-14(3)8-6-11-5-7-13(2)9-11/h11H,4-10H2,1-3H3. The van der Waals surface area contributed by atoms with Crippen LogP contribution in [0.3, 0.4) is 0 Å². The summed E-state index contributed by atoms with van der Waals surface area (Å²) < 4.78 is 4.91. The van der Waals surface area contributed by atoms with E-state index in [2.05, 4.69) is 16.8 Å². The second-order valence-corrected chi connectivity index (χ2v) is 4.75. The quantitative estimate of drug-likeness (QED) is 0.630. The zero-order valence-electron chi connectivity index (χ0n) is 10.7. The third-order valence-electron chi connectivity index (χ3n) is 3.11. The molecule has 1 aliphatic rings. The van der Waals surface area contributed by atoms with Crippen LogP contribution in [0.2, 0.25) is 0 Å². The Kier molecular flexibility index (Phi) is 5.77. The van der Waals surface area contributed by atoms with Crippen molar-refractivity contribution in [2.24, 2.45) is 5.92 Å². The molecule has 94 valence electrons. The number of likely N-dealkylation sites (tertiary alicyclic amines) is 1. The summed E-state index contributed by atoms with van der Waals surface area (Å²) in [6.45, 7) is 6.12. The summed E-state index contributed by atoms with van der Waals surface area (Å²) in [7, 11) is 4.15. The molecule has 1 unspecified atom stereocenters.